The first-order chi connectivity index (χ1) is 6.24. The van der Waals surface area contributed by atoms with E-state index in [1.54, 1.807) is 11.3 Å². The molecule has 0 radical (unpaired) electrons. The molecule has 2 N–H and O–H groups in total. The lowest BCUT2D eigenvalue weighted by atomic mass is 10.1. The summed E-state index contributed by atoms with van der Waals surface area (Å²) in [6.07, 6.45) is 1.08. The molecule has 0 fully saturated rings. The molecule has 0 amide bonds. The fourth-order valence-corrected chi connectivity index (χ4v) is 3.17. The second-order valence-corrected chi connectivity index (χ2v) is 4.99. The number of halogens is 1. The summed E-state index contributed by atoms with van der Waals surface area (Å²) in [5.41, 5.74) is 8.33. The average molecular weight is 303 g/mol. The van der Waals surface area contributed by atoms with Crippen LogP contribution < -0.4 is 5.73 Å². The van der Waals surface area contributed by atoms with E-state index < -0.39 is 0 Å². The standard InChI is InChI=1S/C10H10INS/c1-2-6-5-13-10-7(6)3-4-8(11)9(10)12/h3-5H,2,12H2,1H3. The Morgan fingerprint density at radius 3 is 2.92 bits per heavy atom. The van der Waals surface area contributed by atoms with Crippen molar-refractivity contribution in [3.63, 3.8) is 0 Å². The summed E-state index contributed by atoms with van der Waals surface area (Å²) < 4.78 is 2.39. The summed E-state index contributed by atoms with van der Waals surface area (Å²) in [6, 6.07) is 4.26. The predicted octanol–water partition coefficient (Wildman–Crippen LogP) is 3.65. The van der Waals surface area contributed by atoms with Crippen molar-refractivity contribution in [3.05, 3.63) is 26.6 Å². The molecule has 0 spiro atoms. The molecule has 13 heavy (non-hydrogen) atoms. The SMILES string of the molecule is CCc1csc2c(N)c(I)ccc12. The van der Waals surface area contributed by atoms with Gasteiger partial charge in [-0.1, -0.05) is 13.0 Å². The van der Waals surface area contributed by atoms with Crippen LogP contribution in [0.4, 0.5) is 5.69 Å². The summed E-state index contributed by atoms with van der Waals surface area (Å²) in [5.74, 6) is 0. The number of hydrogen-bond acceptors (Lipinski definition) is 2. The second kappa shape index (κ2) is 3.46. The third-order valence-electron chi connectivity index (χ3n) is 2.19. The van der Waals surface area contributed by atoms with Gasteiger partial charge in [0.15, 0.2) is 0 Å². The van der Waals surface area contributed by atoms with Crippen molar-refractivity contribution in [1.29, 1.82) is 0 Å². The molecule has 1 heterocycles. The van der Waals surface area contributed by atoms with E-state index in [4.69, 9.17) is 5.73 Å². The molecule has 2 aromatic rings. The lowest BCUT2D eigenvalue weighted by Crippen LogP contribution is -1.88. The van der Waals surface area contributed by atoms with E-state index in [9.17, 15) is 0 Å². The second-order valence-electron chi connectivity index (χ2n) is 2.95. The molecule has 0 aliphatic heterocycles. The zero-order valence-corrected chi connectivity index (χ0v) is 10.3. The lowest BCUT2D eigenvalue weighted by molar-refractivity contribution is 1.17. The van der Waals surface area contributed by atoms with Crippen LogP contribution in [-0.4, -0.2) is 0 Å². The van der Waals surface area contributed by atoms with Crippen molar-refractivity contribution in [1.82, 2.24) is 0 Å². The summed E-state index contributed by atoms with van der Waals surface area (Å²) in [5, 5.41) is 3.53. The Balaban J connectivity index is 2.81. The minimum absolute atomic E-state index is 0.933. The number of rotatable bonds is 1. The highest BCUT2D eigenvalue weighted by atomic mass is 127. The van der Waals surface area contributed by atoms with E-state index in [2.05, 4.69) is 47.0 Å². The minimum atomic E-state index is 0.933. The highest BCUT2D eigenvalue weighted by molar-refractivity contribution is 14.1. The van der Waals surface area contributed by atoms with E-state index in [-0.39, 0.29) is 0 Å². The first-order valence-corrected chi connectivity index (χ1v) is 6.14. The highest BCUT2D eigenvalue weighted by Crippen LogP contribution is 2.33. The Morgan fingerprint density at radius 2 is 2.23 bits per heavy atom. The Morgan fingerprint density at radius 1 is 1.46 bits per heavy atom. The van der Waals surface area contributed by atoms with Crippen molar-refractivity contribution in [2.45, 2.75) is 13.3 Å². The number of benzene rings is 1. The Labute approximate surface area is 95.1 Å². The van der Waals surface area contributed by atoms with Crippen LogP contribution in [0.15, 0.2) is 17.5 Å². The molecule has 0 bridgehead atoms. The van der Waals surface area contributed by atoms with Gasteiger partial charge in [0.1, 0.15) is 0 Å². The van der Waals surface area contributed by atoms with Crippen LogP contribution in [-0.2, 0) is 6.42 Å². The molecule has 3 heteroatoms. The van der Waals surface area contributed by atoms with Crippen molar-refractivity contribution < 1.29 is 0 Å². The van der Waals surface area contributed by atoms with Gasteiger partial charge in [-0.25, -0.2) is 0 Å². The van der Waals surface area contributed by atoms with Crippen LogP contribution in [0.1, 0.15) is 12.5 Å². The highest BCUT2D eigenvalue weighted by Gasteiger charge is 2.06. The Bertz CT molecular complexity index is 447. The Kier molecular flexibility index (Phi) is 2.47. The zero-order chi connectivity index (χ0) is 9.42. The molecule has 68 valence electrons. The van der Waals surface area contributed by atoms with Gasteiger partial charge >= 0.3 is 0 Å². The molecular formula is C10H10INS. The average Bonchev–Trinajstić information content (AvgIpc) is 2.55. The third-order valence-corrected chi connectivity index (χ3v) is 4.21. The van der Waals surface area contributed by atoms with Gasteiger partial charge in [0, 0.05) is 3.57 Å². The molecule has 0 atom stereocenters. The summed E-state index contributed by atoms with van der Waals surface area (Å²) in [7, 11) is 0. The van der Waals surface area contributed by atoms with Gasteiger partial charge in [-0.3, -0.25) is 0 Å². The molecule has 1 aromatic carbocycles. The predicted molar refractivity (Wildman–Crippen MR) is 68.3 cm³/mol. The summed E-state index contributed by atoms with van der Waals surface area (Å²) in [4.78, 5) is 0. The van der Waals surface area contributed by atoms with E-state index in [0.717, 1.165) is 15.7 Å². The van der Waals surface area contributed by atoms with Crippen LogP contribution in [0.3, 0.4) is 0 Å². The molecule has 0 saturated carbocycles. The summed E-state index contributed by atoms with van der Waals surface area (Å²) in [6.45, 7) is 2.18. The van der Waals surface area contributed by atoms with E-state index in [1.807, 2.05) is 0 Å². The number of fused-ring (bicyclic) bond motifs is 1. The zero-order valence-electron chi connectivity index (χ0n) is 7.30. The number of anilines is 1. The normalized spacial score (nSPS) is 10.9. The largest absolute Gasteiger partial charge is 0.397 e. The lowest BCUT2D eigenvalue weighted by Gasteiger charge is -2.00. The topological polar surface area (TPSA) is 26.0 Å². The molecule has 1 nitrogen and oxygen atoms in total. The smallest absolute Gasteiger partial charge is 0.0631 e. The van der Waals surface area contributed by atoms with Crippen LogP contribution in [0.2, 0.25) is 0 Å². The van der Waals surface area contributed by atoms with Crippen molar-refractivity contribution in [2.24, 2.45) is 0 Å². The number of hydrogen-bond donors (Lipinski definition) is 1. The molecule has 0 saturated heterocycles. The van der Waals surface area contributed by atoms with Gasteiger partial charge in [-0.2, -0.15) is 0 Å². The molecular weight excluding hydrogens is 293 g/mol. The quantitative estimate of drug-likeness (QED) is 0.631. The van der Waals surface area contributed by atoms with Crippen molar-refractivity contribution >= 4 is 49.7 Å². The monoisotopic (exact) mass is 303 g/mol. The maximum atomic E-state index is 5.99. The van der Waals surface area contributed by atoms with Gasteiger partial charge in [0.25, 0.3) is 0 Å². The number of thiophene rings is 1. The van der Waals surface area contributed by atoms with Crippen LogP contribution in [0, 0.1) is 3.57 Å². The molecule has 0 aliphatic rings. The van der Waals surface area contributed by atoms with Gasteiger partial charge in [0.2, 0.25) is 0 Å². The maximum Gasteiger partial charge on any atom is 0.0631 e. The van der Waals surface area contributed by atoms with Crippen molar-refractivity contribution in [2.75, 3.05) is 5.73 Å². The van der Waals surface area contributed by atoms with Gasteiger partial charge in [-0.15, -0.1) is 11.3 Å². The number of nitrogens with two attached hydrogens (primary N) is 1. The van der Waals surface area contributed by atoms with Crippen LogP contribution in [0.5, 0.6) is 0 Å². The first-order valence-electron chi connectivity index (χ1n) is 4.18. The van der Waals surface area contributed by atoms with Gasteiger partial charge < -0.3 is 5.73 Å². The van der Waals surface area contributed by atoms with E-state index in [0.29, 0.717) is 0 Å². The fourth-order valence-electron chi connectivity index (χ4n) is 1.42. The number of nitrogen functional groups attached to an aromatic ring is 1. The van der Waals surface area contributed by atoms with E-state index >= 15 is 0 Å². The molecule has 0 aliphatic carbocycles. The van der Waals surface area contributed by atoms with E-state index in [1.165, 1.54) is 15.6 Å². The molecule has 1 aromatic heterocycles. The van der Waals surface area contributed by atoms with Gasteiger partial charge in [-0.05, 0) is 51.4 Å². The minimum Gasteiger partial charge on any atom is -0.397 e. The summed E-state index contributed by atoms with van der Waals surface area (Å²) >= 11 is 4.02. The maximum absolute atomic E-state index is 5.99. The number of aryl methyl sites for hydroxylation is 1. The first kappa shape index (κ1) is 9.27. The van der Waals surface area contributed by atoms with Gasteiger partial charge in [0.05, 0.1) is 10.4 Å². The third kappa shape index (κ3) is 1.44. The molecule has 2 rings (SSSR count). The molecule has 0 unspecified atom stereocenters. The Hall–Kier alpha value is -0.290. The van der Waals surface area contributed by atoms with Crippen LogP contribution in [0.25, 0.3) is 10.1 Å². The van der Waals surface area contributed by atoms with Crippen molar-refractivity contribution in [3.8, 4) is 0 Å². The van der Waals surface area contributed by atoms with Crippen LogP contribution >= 0.6 is 33.9 Å². The fraction of sp³-hybridized carbons (Fsp3) is 0.200.